The number of aromatic nitrogens is 2. The summed E-state index contributed by atoms with van der Waals surface area (Å²) in [6.07, 6.45) is 2.01. The highest BCUT2D eigenvalue weighted by atomic mass is 35.5. The summed E-state index contributed by atoms with van der Waals surface area (Å²) in [6, 6.07) is 8.90. The van der Waals surface area contributed by atoms with Crippen molar-refractivity contribution in [2.45, 2.75) is 56.8 Å². The fourth-order valence-electron chi connectivity index (χ4n) is 5.23. The standard InChI is InChI=1S/C25H24ClFN4O4/c1-14(32)22-17-8-3-4-9-30(17)19(29-22)10-20(33)31-18(11-25(35)13-24(25,31)2)23(34)28-12-15-6-5-7-16(26)21(15)27/h3-9,18,35H,10-13H2,1-2H3,(H,28,34)/t18-,24+,25-/m0/s1. The van der Waals surface area contributed by atoms with Crippen LogP contribution in [0.25, 0.3) is 5.52 Å². The van der Waals surface area contributed by atoms with E-state index in [1.807, 2.05) is 0 Å². The van der Waals surface area contributed by atoms with E-state index in [2.05, 4.69) is 10.3 Å². The second-order valence-electron chi connectivity index (χ2n) is 9.46. The number of Topliss-reactive ketones (excluding diaryl/α,β-unsaturated/α-hetero) is 1. The van der Waals surface area contributed by atoms with E-state index in [4.69, 9.17) is 11.6 Å². The molecule has 182 valence electrons. The molecule has 8 nitrogen and oxygen atoms in total. The number of hydrogen-bond donors (Lipinski definition) is 2. The van der Waals surface area contributed by atoms with E-state index >= 15 is 0 Å². The molecule has 1 saturated carbocycles. The maximum absolute atomic E-state index is 14.2. The van der Waals surface area contributed by atoms with Gasteiger partial charge < -0.3 is 19.7 Å². The summed E-state index contributed by atoms with van der Waals surface area (Å²) in [4.78, 5) is 44.5. The predicted octanol–water partition coefficient (Wildman–Crippen LogP) is 2.68. The van der Waals surface area contributed by atoms with Crippen LogP contribution < -0.4 is 5.32 Å². The normalized spacial score (nSPS) is 24.9. The fourth-order valence-corrected chi connectivity index (χ4v) is 5.43. The summed E-state index contributed by atoms with van der Waals surface area (Å²) in [5.41, 5.74) is -0.967. The van der Waals surface area contributed by atoms with Crippen LogP contribution in [0.3, 0.4) is 0 Å². The molecule has 3 aromatic rings. The van der Waals surface area contributed by atoms with Gasteiger partial charge in [0.15, 0.2) is 5.78 Å². The van der Waals surface area contributed by atoms with Crippen molar-refractivity contribution in [2.75, 3.05) is 0 Å². The topological polar surface area (TPSA) is 104 Å². The first-order valence-corrected chi connectivity index (χ1v) is 11.7. The maximum atomic E-state index is 14.2. The Labute approximate surface area is 205 Å². The lowest BCUT2D eigenvalue weighted by atomic mass is 10.1. The Morgan fingerprint density at radius 3 is 2.77 bits per heavy atom. The number of carbonyl (C=O) groups excluding carboxylic acids is 3. The van der Waals surface area contributed by atoms with Gasteiger partial charge in [-0.2, -0.15) is 0 Å². The van der Waals surface area contributed by atoms with Gasteiger partial charge in [0.25, 0.3) is 0 Å². The number of ketones is 1. The number of imidazole rings is 1. The Morgan fingerprint density at radius 2 is 2.03 bits per heavy atom. The number of likely N-dealkylation sites (tertiary alicyclic amines) is 1. The van der Waals surface area contributed by atoms with Gasteiger partial charge in [-0.05, 0) is 25.1 Å². The third-order valence-corrected chi connectivity index (χ3v) is 7.50. The highest BCUT2D eigenvalue weighted by Crippen LogP contribution is 2.61. The molecule has 1 saturated heterocycles. The number of benzene rings is 1. The van der Waals surface area contributed by atoms with Gasteiger partial charge in [0.05, 0.1) is 28.1 Å². The van der Waals surface area contributed by atoms with Gasteiger partial charge in [0.2, 0.25) is 11.8 Å². The molecule has 1 aliphatic heterocycles. The number of pyridine rings is 1. The van der Waals surface area contributed by atoms with Gasteiger partial charge in [-0.15, -0.1) is 0 Å². The molecule has 2 aromatic heterocycles. The highest BCUT2D eigenvalue weighted by Gasteiger charge is 2.75. The van der Waals surface area contributed by atoms with Crippen LogP contribution in [0, 0.1) is 5.82 Å². The molecule has 2 fully saturated rings. The lowest BCUT2D eigenvalue weighted by Crippen LogP contribution is -2.51. The quantitative estimate of drug-likeness (QED) is 0.508. The SMILES string of the molecule is CC(=O)c1nc(CC(=O)N2[C@H](C(=O)NCc3cccc(Cl)c3F)C[C@]3(O)C[C@@]23C)n2ccccc12. The summed E-state index contributed by atoms with van der Waals surface area (Å²) in [5.74, 6) is -1.34. The van der Waals surface area contributed by atoms with E-state index < -0.39 is 28.9 Å². The van der Waals surface area contributed by atoms with Crippen LogP contribution in [-0.4, -0.2) is 54.2 Å². The van der Waals surface area contributed by atoms with Crippen molar-refractivity contribution < 1.29 is 23.9 Å². The summed E-state index contributed by atoms with van der Waals surface area (Å²) >= 11 is 5.82. The number of fused-ring (bicyclic) bond motifs is 2. The zero-order valence-electron chi connectivity index (χ0n) is 19.2. The molecule has 2 amide bonds. The van der Waals surface area contributed by atoms with E-state index in [-0.39, 0.29) is 47.4 Å². The Kier molecular flexibility index (Phi) is 5.45. The van der Waals surface area contributed by atoms with Gasteiger partial charge in [0.1, 0.15) is 23.4 Å². The van der Waals surface area contributed by atoms with E-state index in [0.29, 0.717) is 17.8 Å². The zero-order chi connectivity index (χ0) is 25.1. The lowest BCUT2D eigenvalue weighted by Gasteiger charge is -2.31. The minimum atomic E-state index is -1.16. The Bertz CT molecular complexity index is 1390. The number of nitrogens with one attached hydrogen (secondary N) is 1. The van der Waals surface area contributed by atoms with Gasteiger partial charge >= 0.3 is 0 Å². The number of piperidine rings is 1. The molecule has 3 heterocycles. The molecular formula is C25H24ClFN4O4. The second-order valence-corrected chi connectivity index (χ2v) is 9.87. The Morgan fingerprint density at radius 1 is 1.26 bits per heavy atom. The van der Waals surface area contributed by atoms with Crippen LogP contribution >= 0.6 is 11.6 Å². The molecule has 0 radical (unpaired) electrons. The van der Waals surface area contributed by atoms with Crippen molar-refractivity contribution in [3.05, 3.63) is 70.5 Å². The van der Waals surface area contributed by atoms with Crippen molar-refractivity contribution in [1.82, 2.24) is 19.6 Å². The first-order valence-electron chi connectivity index (χ1n) is 11.3. The molecule has 0 bridgehead atoms. The smallest absolute Gasteiger partial charge is 0.243 e. The van der Waals surface area contributed by atoms with Crippen LogP contribution in [0.2, 0.25) is 5.02 Å². The highest BCUT2D eigenvalue weighted by molar-refractivity contribution is 6.30. The van der Waals surface area contributed by atoms with E-state index in [0.717, 1.165) is 0 Å². The first-order chi connectivity index (χ1) is 16.6. The maximum Gasteiger partial charge on any atom is 0.243 e. The zero-order valence-corrected chi connectivity index (χ0v) is 20.0. The monoisotopic (exact) mass is 498 g/mol. The van der Waals surface area contributed by atoms with Gasteiger partial charge in [-0.1, -0.05) is 29.8 Å². The number of hydrogen-bond acceptors (Lipinski definition) is 5. The molecule has 5 rings (SSSR count). The van der Waals surface area contributed by atoms with Gasteiger partial charge in [-0.3, -0.25) is 14.4 Å². The van der Waals surface area contributed by atoms with Crippen LogP contribution in [0.5, 0.6) is 0 Å². The molecular weight excluding hydrogens is 475 g/mol. The van der Waals surface area contributed by atoms with Gasteiger partial charge in [0, 0.05) is 38.1 Å². The van der Waals surface area contributed by atoms with Crippen LogP contribution in [-0.2, 0) is 22.6 Å². The average Bonchev–Trinajstić information content (AvgIpc) is 3.08. The van der Waals surface area contributed by atoms with E-state index in [1.54, 1.807) is 41.8 Å². The van der Waals surface area contributed by atoms with Crippen LogP contribution in [0.1, 0.15) is 48.6 Å². The number of rotatable bonds is 6. The Hall–Kier alpha value is -3.30. The van der Waals surface area contributed by atoms with Crippen LogP contribution in [0.15, 0.2) is 42.6 Å². The molecule has 2 aliphatic rings. The largest absolute Gasteiger partial charge is 0.387 e. The third-order valence-electron chi connectivity index (χ3n) is 7.21. The molecule has 3 atom stereocenters. The third kappa shape index (κ3) is 3.70. The minimum absolute atomic E-state index is 0.0469. The first kappa shape index (κ1) is 23.4. The number of aliphatic hydroxyl groups is 1. The molecule has 10 heteroatoms. The van der Waals surface area contributed by atoms with Crippen LogP contribution in [0.4, 0.5) is 4.39 Å². The lowest BCUT2D eigenvalue weighted by molar-refractivity contribution is -0.141. The van der Waals surface area contributed by atoms with Crippen molar-refractivity contribution in [3.63, 3.8) is 0 Å². The van der Waals surface area contributed by atoms with Crippen molar-refractivity contribution in [3.8, 4) is 0 Å². The van der Waals surface area contributed by atoms with Crippen molar-refractivity contribution in [2.24, 2.45) is 0 Å². The fraction of sp³-hybridized carbons (Fsp3) is 0.360. The van der Waals surface area contributed by atoms with Crippen molar-refractivity contribution in [1.29, 1.82) is 0 Å². The molecule has 35 heavy (non-hydrogen) atoms. The Balaban J connectivity index is 1.39. The summed E-state index contributed by atoms with van der Waals surface area (Å²) in [7, 11) is 0. The number of nitrogens with zero attached hydrogens (tertiary/aromatic N) is 3. The van der Waals surface area contributed by atoms with E-state index in [9.17, 15) is 23.9 Å². The molecule has 0 spiro atoms. The minimum Gasteiger partial charge on any atom is -0.387 e. The second kappa shape index (κ2) is 8.13. The average molecular weight is 499 g/mol. The van der Waals surface area contributed by atoms with E-state index in [1.165, 1.54) is 24.0 Å². The van der Waals surface area contributed by atoms with Gasteiger partial charge in [-0.25, -0.2) is 9.37 Å². The number of carbonyl (C=O) groups is 3. The molecule has 1 aliphatic carbocycles. The summed E-state index contributed by atoms with van der Waals surface area (Å²) < 4.78 is 15.9. The number of halogens is 2. The molecule has 2 N–H and O–H groups in total. The number of amides is 2. The molecule has 0 unspecified atom stereocenters. The molecule has 1 aromatic carbocycles. The predicted molar refractivity (Wildman–Crippen MR) is 125 cm³/mol. The van der Waals surface area contributed by atoms with Crippen molar-refractivity contribution >= 4 is 34.7 Å². The summed E-state index contributed by atoms with van der Waals surface area (Å²) in [6.45, 7) is 3.06. The summed E-state index contributed by atoms with van der Waals surface area (Å²) in [5, 5.41) is 13.6.